The van der Waals surface area contributed by atoms with Gasteiger partial charge in [0.05, 0.1) is 6.21 Å². The SMILES string of the molecule is CC(C)(C)C[C@@H]1CCc2[nH]nc(C(=O)N/N=C\c3ccc(Cl)cc3)c2C1. The van der Waals surface area contributed by atoms with E-state index in [9.17, 15) is 4.79 Å². The highest BCUT2D eigenvalue weighted by molar-refractivity contribution is 6.30. The molecule has 5 nitrogen and oxygen atoms in total. The lowest BCUT2D eigenvalue weighted by molar-refractivity contribution is 0.0948. The second-order valence-corrected chi connectivity index (χ2v) is 8.59. The number of halogens is 1. The quantitative estimate of drug-likeness (QED) is 0.618. The fourth-order valence-corrected chi connectivity index (χ4v) is 3.69. The van der Waals surface area contributed by atoms with E-state index in [0.29, 0.717) is 16.6 Å². The first kappa shape index (κ1) is 18.6. The van der Waals surface area contributed by atoms with Gasteiger partial charge in [-0.3, -0.25) is 9.89 Å². The molecule has 0 saturated carbocycles. The lowest BCUT2D eigenvalue weighted by atomic mass is 9.76. The van der Waals surface area contributed by atoms with Gasteiger partial charge in [-0.2, -0.15) is 10.2 Å². The molecule has 1 aromatic heterocycles. The average Bonchev–Trinajstić information content (AvgIpc) is 2.98. The van der Waals surface area contributed by atoms with Crippen LogP contribution in [0.5, 0.6) is 0 Å². The number of aromatic amines is 1. The molecule has 138 valence electrons. The summed E-state index contributed by atoms with van der Waals surface area (Å²) >= 11 is 5.86. The predicted molar refractivity (Wildman–Crippen MR) is 105 cm³/mol. The van der Waals surface area contributed by atoms with Crippen LogP contribution in [-0.2, 0) is 12.8 Å². The number of hydrogen-bond donors (Lipinski definition) is 2. The Kier molecular flexibility index (Phi) is 5.47. The molecule has 0 fully saturated rings. The van der Waals surface area contributed by atoms with Gasteiger partial charge in [-0.05, 0) is 54.7 Å². The average molecular weight is 373 g/mol. The highest BCUT2D eigenvalue weighted by Gasteiger charge is 2.28. The summed E-state index contributed by atoms with van der Waals surface area (Å²) in [7, 11) is 0. The molecule has 0 aliphatic heterocycles. The van der Waals surface area contributed by atoms with Crippen LogP contribution in [0.4, 0.5) is 0 Å². The van der Waals surface area contributed by atoms with Crippen molar-refractivity contribution in [1.82, 2.24) is 15.6 Å². The molecule has 1 aromatic carbocycles. The molecule has 1 aliphatic rings. The van der Waals surface area contributed by atoms with Gasteiger partial charge in [-0.15, -0.1) is 0 Å². The van der Waals surface area contributed by atoms with E-state index in [2.05, 4.69) is 41.5 Å². The summed E-state index contributed by atoms with van der Waals surface area (Å²) in [5.74, 6) is 0.313. The summed E-state index contributed by atoms with van der Waals surface area (Å²) in [6.07, 6.45) is 5.72. The normalized spacial score (nSPS) is 17.3. The minimum Gasteiger partial charge on any atom is -0.281 e. The van der Waals surface area contributed by atoms with Gasteiger partial charge >= 0.3 is 0 Å². The van der Waals surface area contributed by atoms with Gasteiger partial charge < -0.3 is 0 Å². The number of amides is 1. The van der Waals surface area contributed by atoms with Crippen molar-refractivity contribution < 1.29 is 4.79 Å². The number of carbonyl (C=O) groups excluding carboxylic acids is 1. The number of aryl methyl sites for hydroxylation is 1. The van der Waals surface area contributed by atoms with Crippen molar-refractivity contribution in [3.8, 4) is 0 Å². The molecule has 2 N–H and O–H groups in total. The van der Waals surface area contributed by atoms with Gasteiger partial charge in [0.15, 0.2) is 5.69 Å². The molecule has 0 radical (unpaired) electrons. The zero-order chi connectivity index (χ0) is 18.7. The number of hydrogen-bond acceptors (Lipinski definition) is 3. The number of fused-ring (bicyclic) bond motifs is 1. The highest BCUT2D eigenvalue weighted by Crippen LogP contribution is 2.34. The molecule has 0 spiro atoms. The van der Waals surface area contributed by atoms with Crippen molar-refractivity contribution in [3.63, 3.8) is 0 Å². The molecule has 1 heterocycles. The molecule has 3 rings (SSSR count). The third kappa shape index (κ3) is 4.73. The van der Waals surface area contributed by atoms with Gasteiger partial charge in [-0.25, -0.2) is 5.43 Å². The van der Waals surface area contributed by atoms with E-state index in [1.807, 2.05) is 12.1 Å². The van der Waals surface area contributed by atoms with E-state index < -0.39 is 0 Å². The van der Waals surface area contributed by atoms with Crippen LogP contribution in [0.1, 0.15) is 60.9 Å². The first-order valence-electron chi connectivity index (χ1n) is 8.97. The van der Waals surface area contributed by atoms with E-state index in [1.165, 1.54) is 0 Å². The Morgan fingerprint density at radius 2 is 2.12 bits per heavy atom. The van der Waals surface area contributed by atoms with E-state index in [1.54, 1.807) is 18.3 Å². The minimum absolute atomic E-state index is 0.274. The second kappa shape index (κ2) is 7.62. The van der Waals surface area contributed by atoms with Gasteiger partial charge in [-0.1, -0.05) is 44.5 Å². The Balaban J connectivity index is 1.66. The van der Waals surface area contributed by atoms with Crippen LogP contribution in [0, 0.1) is 11.3 Å². The molecule has 0 bridgehead atoms. The maximum atomic E-state index is 12.5. The van der Waals surface area contributed by atoms with Crippen molar-refractivity contribution in [1.29, 1.82) is 0 Å². The van der Waals surface area contributed by atoms with Gasteiger partial charge in [0.25, 0.3) is 5.91 Å². The minimum atomic E-state index is -0.274. The number of nitrogens with zero attached hydrogens (tertiary/aromatic N) is 2. The Morgan fingerprint density at radius 3 is 2.81 bits per heavy atom. The van der Waals surface area contributed by atoms with Crippen molar-refractivity contribution >= 4 is 23.7 Å². The first-order valence-corrected chi connectivity index (χ1v) is 9.35. The molecule has 6 heteroatoms. The highest BCUT2D eigenvalue weighted by atomic mass is 35.5. The second-order valence-electron chi connectivity index (χ2n) is 8.15. The lowest BCUT2D eigenvalue weighted by Gasteiger charge is -2.28. The van der Waals surface area contributed by atoms with Crippen molar-refractivity contribution in [2.45, 2.75) is 46.5 Å². The van der Waals surface area contributed by atoms with Crippen molar-refractivity contribution in [2.75, 3.05) is 0 Å². The molecule has 1 atom stereocenters. The lowest BCUT2D eigenvalue weighted by Crippen LogP contribution is -2.24. The predicted octanol–water partition coefficient (Wildman–Crippen LogP) is 4.37. The summed E-state index contributed by atoms with van der Waals surface area (Å²) in [4.78, 5) is 12.5. The van der Waals surface area contributed by atoms with E-state index in [4.69, 9.17) is 11.6 Å². The standard InChI is InChI=1S/C20H25ClN4O/c1-20(2,3)11-14-6-9-17-16(10-14)18(24-23-17)19(26)25-22-12-13-4-7-15(21)8-5-13/h4-5,7-8,12,14H,6,9-11H2,1-3H3,(H,23,24)(H,25,26)/b22-12-/t14-/m1/s1. The summed E-state index contributed by atoms with van der Waals surface area (Å²) in [6, 6.07) is 7.24. The molecule has 1 amide bonds. The van der Waals surface area contributed by atoms with Crippen molar-refractivity contribution in [3.05, 3.63) is 51.8 Å². The van der Waals surface area contributed by atoms with E-state index in [-0.39, 0.29) is 11.3 Å². The number of carbonyl (C=O) groups is 1. The molecular weight excluding hydrogens is 348 g/mol. The number of H-pyrrole nitrogens is 1. The smallest absolute Gasteiger partial charge is 0.281 e. The Labute approximate surface area is 159 Å². The van der Waals surface area contributed by atoms with Gasteiger partial charge in [0, 0.05) is 16.3 Å². The molecular formula is C20H25ClN4O. The van der Waals surface area contributed by atoms with Crippen LogP contribution in [0.2, 0.25) is 5.02 Å². The Morgan fingerprint density at radius 1 is 1.38 bits per heavy atom. The Bertz CT molecular complexity index is 802. The zero-order valence-corrected chi connectivity index (χ0v) is 16.2. The number of hydrazone groups is 1. The van der Waals surface area contributed by atoms with Crippen LogP contribution < -0.4 is 5.43 Å². The fourth-order valence-electron chi connectivity index (χ4n) is 3.56. The maximum Gasteiger partial charge on any atom is 0.292 e. The van der Waals surface area contributed by atoms with Crippen LogP contribution in [0.15, 0.2) is 29.4 Å². The van der Waals surface area contributed by atoms with Crippen LogP contribution in [0.3, 0.4) is 0 Å². The number of rotatable bonds is 4. The summed E-state index contributed by atoms with van der Waals surface area (Å²) in [5, 5.41) is 12.0. The number of aromatic nitrogens is 2. The topological polar surface area (TPSA) is 70.1 Å². The molecule has 2 aromatic rings. The number of benzene rings is 1. The summed E-state index contributed by atoms with van der Waals surface area (Å²) in [5.41, 5.74) is 6.33. The number of nitrogens with one attached hydrogen (secondary N) is 2. The van der Waals surface area contributed by atoms with Crippen LogP contribution in [-0.4, -0.2) is 22.3 Å². The van der Waals surface area contributed by atoms with Crippen LogP contribution >= 0.6 is 11.6 Å². The Hall–Kier alpha value is -2.14. The molecule has 26 heavy (non-hydrogen) atoms. The maximum absolute atomic E-state index is 12.5. The van der Waals surface area contributed by atoms with E-state index >= 15 is 0 Å². The van der Waals surface area contributed by atoms with Crippen molar-refractivity contribution in [2.24, 2.45) is 16.4 Å². The molecule has 0 saturated heterocycles. The van der Waals surface area contributed by atoms with Gasteiger partial charge in [0.1, 0.15) is 0 Å². The summed E-state index contributed by atoms with van der Waals surface area (Å²) < 4.78 is 0. The zero-order valence-electron chi connectivity index (χ0n) is 15.5. The largest absolute Gasteiger partial charge is 0.292 e. The van der Waals surface area contributed by atoms with Gasteiger partial charge in [0.2, 0.25) is 0 Å². The van der Waals surface area contributed by atoms with E-state index in [0.717, 1.165) is 42.5 Å². The fraction of sp³-hybridized carbons (Fsp3) is 0.450. The third-order valence-corrected chi connectivity index (χ3v) is 4.87. The first-order chi connectivity index (χ1) is 12.3. The molecule has 1 aliphatic carbocycles. The molecule has 0 unspecified atom stereocenters. The summed E-state index contributed by atoms with van der Waals surface area (Å²) in [6.45, 7) is 6.78. The third-order valence-electron chi connectivity index (χ3n) is 4.61. The monoisotopic (exact) mass is 372 g/mol. The van der Waals surface area contributed by atoms with Crippen LogP contribution in [0.25, 0.3) is 0 Å².